The highest BCUT2D eigenvalue weighted by Gasteiger charge is 2.33. The maximum absolute atomic E-state index is 9.73. The first-order valence-electron chi connectivity index (χ1n) is 12.2. The summed E-state index contributed by atoms with van der Waals surface area (Å²) in [6.07, 6.45) is 24.3. The first-order valence-corrected chi connectivity index (χ1v) is 12.2. The molecule has 3 atom stereocenters. The first-order chi connectivity index (χ1) is 13.3. The maximum atomic E-state index is 9.73. The number of rotatable bonds is 19. The van der Waals surface area contributed by atoms with E-state index < -0.39 is 12.2 Å². The van der Waals surface area contributed by atoms with Crippen molar-refractivity contribution in [2.45, 2.75) is 147 Å². The van der Waals surface area contributed by atoms with Gasteiger partial charge in [0, 0.05) is 0 Å². The van der Waals surface area contributed by atoms with E-state index in [0.717, 1.165) is 12.8 Å². The van der Waals surface area contributed by atoms with Gasteiger partial charge in [0.1, 0.15) is 12.2 Å². The highest BCUT2D eigenvalue weighted by molar-refractivity contribution is 4.82. The minimum Gasteiger partial charge on any atom is -0.388 e. The molecule has 0 aromatic carbocycles. The van der Waals surface area contributed by atoms with E-state index in [1.807, 2.05) is 0 Å². The van der Waals surface area contributed by atoms with Crippen molar-refractivity contribution in [3.05, 3.63) is 0 Å². The minimum atomic E-state index is -0.675. The molecule has 27 heavy (non-hydrogen) atoms. The van der Waals surface area contributed by atoms with E-state index in [4.69, 9.17) is 4.74 Å². The van der Waals surface area contributed by atoms with Crippen LogP contribution in [-0.2, 0) is 4.74 Å². The Morgan fingerprint density at radius 1 is 0.593 bits per heavy atom. The summed E-state index contributed by atoms with van der Waals surface area (Å²) < 4.78 is 5.41. The van der Waals surface area contributed by atoms with Gasteiger partial charge in [0.2, 0.25) is 0 Å². The zero-order valence-corrected chi connectivity index (χ0v) is 18.2. The average molecular weight is 385 g/mol. The van der Waals surface area contributed by atoms with Gasteiger partial charge in [-0.15, -0.1) is 0 Å². The number of aliphatic hydroxyl groups excluding tert-OH is 2. The fourth-order valence-electron chi connectivity index (χ4n) is 4.17. The van der Waals surface area contributed by atoms with Crippen LogP contribution in [0.1, 0.15) is 129 Å². The zero-order valence-electron chi connectivity index (χ0n) is 18.2. The molecule has 1 fully saturated rings. The van der Waals surface area contributed by atoms with Gasteiger partial charge in [0.05, 0.1) is 12.7 Å². The molecule has 0 spiro atoms. The van der Waals surface area contributed by atoms with Gasteiger partial charge in [-0.1, -0.05) is 122 Å². The number of hydrogen-bond donors (Lipinski definition) is 2. The van der Waals surface area contributed by atoms with Crippen LogP contribution in [0.3, 0.4) is 0 Å². The molecule has 0 bridgehead atoms. The molecule has 0 amide bonds. The fraction of sp³-hybridized carbons (Fsp3) is 1.00. The Bertz CT molecular complexity index is 308. The molecule has 1 aliphatic rings. The molecule has 2 N–H and O–H groups in total. The first kappa shape index (κ1) is 24.9. The van der Waals surface area contributed by atoms with Crippen LogP contribution >= 0.6 is 0 Å². The van der Waals surface area contributed by atoms with Gasteiger partial charge in [-0.25, -0.2) is 0 Å². The predicted octanol–water partition coefficient (Wildman–Crippen LogP) is 6.54. The molecule has 162 valence electrons. The van der Waals surface area contributed by atoms with Crippen molar-refractivity contribution in [3.63, 3.8) is 0 Å². The summed E-state index contributed by atoms with van der Waals surface area (Å²) in [5.41, 5.74) is 0. The molecule has 3 nitrogen and oxygen atoms in total. The maximum Gasteiger partial charge on any atom is 0.108 e. The molecule has 0 aromatic rings. The van der Waals surface area contributed by atoms with Crippen LogP contribution in [-0.4, -0.2) is 35.1 Å². The summed E-state index contributed by atoms with van der Waals surface area (Å²) in [6.45, 7) is 2.58. The standard InChI is InChI=1S/C24H48O3/c1-2-3-4-5-6-7-8-9-10-11-12-13-14-15-16-17-18-19-20-23-24(26)22(25)21-27-23/h22-26H,2-21H2,1H3. The Morgan fingerprint density at radius 3 is 1.30 bits per heavy atom. The lowest BCUT2D eigenvalue weighted by Gasteiger charge is -2.14. The van der Waals surface area contributed by atoms with Crippen molar-refractivity contribution in [1.29, 1.82) is 0 Å². The third kappa shape index (κ3) is 13.7. The Labute approximate surface area is 169 Å². The highest BCUT2D eigenvalue weighted by Crippen LogP contribution is 2.20. The molecular weight excluding hydrogens is 336 g/mol. The van der Waals surface area contributed by atoms with E-state index in [1.54, 1.807) is 0 Å². The highest BCUT2D eigenvalue weighted by atomic mass is 16.5. The molecule has 0 saturated carbocycles. The van der Waals surface area contributed by atoms with Crippen molar-refractivity contribution >= 4 is 0 Å². The third-order valence-electron chi connectivity index (χ3n) is 6.10. The van der Waals surface area contributed by atoms with Crippen molar-refractivity contribution in [3.8, 4) is 0 Å². The van der Waals surface area contributed by atoms with E-state index in [2.05, 4.69) is 6.92 Å². The monoisotopic (exact) mass is 384 g/mol. The Balaban J connectivity index is 1.69. The van der Waals surface area contributed by atoms with E-state index in [0.29, 0.717) is 6.61 Å². The molecule has 3 unspecified atom stereocenters. The molecule has 1 rings (SSSR count). The van der Waals surface area contributed by atoms with Crippen LogP contribution in [0.15, 0.2) is 0 Å². The van der Waals surface area contributed by atoms with Gasteiger partial charge >= 0.3 is 0 Å². The van der Waals surface area contributed by atoms with Crippen LogP contribution < -0.4 is 0 Å². The summed E-state index contributed by atoms with van der Waals surface area (Å²) >= 11 is 0. The normalized spacial score (nSPS) is 22.6. The predicted molar refractivity (Wildman–Crippen MR) is 115 cm³/mol. The van der Waals surface area contributed by atoms with E-state index >= 15 is 0 Å². The van der Waals surface area contributed by atoms with Gasteiger partial charge in [-0.05, 0) is 6.42 Å². The van der Waals surface area contributed by atoms with Gasteiger partial charge in [0.25, 0.3) is 0 Å². The minimum absolute atomic E-state index is 0.138. The van der Waals surface area contributed by atoms with Crippen LogP contribution in [0.4, 0.5) is 0 Å². The topological polar surface area (TPSA) is 49.7 Å². The van der Waals surface area contributed by atoms with Crippen molar-refractivity contribution < 1.29 is 14.9 Å². The molecule has 0 radical (unpaired) electrons. The second kappa shape index (κ2) is 17.9. The summed E-state index contributed by atoms with van der Waals surface area (Å²) in [4.78, 5) is 0. The molecule has 1 aliphatic heterocycles. The van der Waals surface area contributed by atoms with Crippen LogP contribution in [0.25, 0.3) is 0 Å². The Hall–Kier alpha value is -0.120. The lowest BCUT2D eigenvalue weighted by atomic mass is 10.0. The second-order valence-electron chi connectivity index (χ2n) is 8.73. The zero-order chi connectivity index (χ0) is 19.6. The third-order valence-corrected chi connectivity index (χ3v) is 6.10. The molecular formula is C24H48O3. The van der Waals surface area contributed by atoms with Crippen LogP contribution in [0.5, 0.6) is 0 Å². The van der Waals surface area contributed by atoms with E-state index in [-0.39, 0.29) is 6.10 Å². The SMILES string of the molecule is CCCCCCCCCCCCCCCCCCCCC1OCC(O)C1O. The van der Waals surface area contributed by atoms with Crippen molar-refractivity contribution in [2.24, 2.45) is 0 Å². The van der Waals surface area contributed by atoms with Crippen molar-refractivity contribution in [1.82, 2.24) is 0 Å². The molecule has 3 heteroatoms. The fourth-order valence-corrected chi connectivity index (χ4v) is 4.17. The number of unbranched alkanes of at least 4 members (excludes halogenated alkanes) is 17. The smallest absolute Gasteiger partial charge is 0.108 e. The van der Waals surface area contributed by atoms with E-state index in [9.17, 15) is 10.2 Å². The number of ether oxygens (including phenoxy) is 1. The Kier molecular flexibility index (Phi) is 16.6. The Morgan fingerprint density at radius 2 is 0.963 bits per heavy atom. The summed E-state index contributed by atoms with van der Waals surface area (Å²) in [6, 6.07) is 0. The largest absolute Gasteiger partial charge is 0.388 e. The van der Waals surface area contributed by atoms with Crippen LogP contribution in [0, 0.1) is 0 Å². The molecule has 1 heterocycles. The van der Waals surface area contributed by atoms with Gasteiger partial charge in [0.15, 0.2) is 0 Å². The lowest BCUT2D eigenvalue weighted by molar-refractivity contribution is 0.0183. The van der Waals surface area contributed by atoms with Gasteiger partial charge < -0.3 is 14.9 Å². The number of hydrogen-bond acceptors (Lipinski definition) is 3. The molecule has 1 saturated heterocycles. The molecule has 0 aliphatic carbocycles. The molecule has 0 aromatic heterocycles. The summed E-state index contributed by atoms with van der Waals surface area (Å²) in [5.74, 6) is 0. The average Bonchev–Trinajstić information content (AvgIpc) is 2.99. The van der Waals surface area contributed by atoms with Gasteiger partial charge in [-0.2, -0.15) is 0 Å². The number of aliphatic hydroxyl groups is 2. The lowest BCUT2D eigenvalue weighted by Crippen LogP contribution is -2.29. The van der Waals surface area contributed by atoms with Crippen LogP contribution in [0.2, 0.25) is 0 Å². The quantitative estimate of drug-likeness (QED) is 0.249. The second-order valence-corrected chi connectivity index (χ2v) is 8.73. The van der Waals surface area contributed by atoms with E-state index in [1.165, 1.54) is 109 Å². The van der Waals surface area contributed by atoms with Crippen molar-refractivity contribution in [2.75, 3.05) is 6.61 Å². The van der Waals surface area contributed by atoms with Gasteiger partial charge in [-0.3, -0.25) is 0 Å². The summed E-state index contributed by atoms with van der Waals surface area (Å²) in [7, 11) is 0. The summed E-state index contributed by atoms with van der Waals surface area (Å²) in [5, 5.41) is 19.2.